The third kappa shape index (κ3) is 2.70. The van der Waals surface area contributed by atoms with Crippen LogP contribution in [-0.2, 0) is 0 Å². The van der Waals surface area contributed by atoms with Crippen LogP contribution in [0.15, 0.2) is 0 Å². The molecule has 2 rings (SSSR count). The molecule has 0 saturated carbocycles. The summed E-state index contributed by atoms with van der Waals surface area (Å²) in [6.07, 6.45) is -0.377. The highest BCUT2D eigenvalue weighted by Gasteiger charge is 2.22. The second-order valence-corrected chi connectivity index (χ2v) is 7.13. The van der Waals surface area contributed by atoms with Gasteiger partial charge in [0.15, 0.2) is 0 Å². The molecule has 1 aliphatic rings. The van der Waals surface area contributed by atoms with Crippen molar-refractivity contribution in [3.8, 4) is 0 Å². The van der Waals surface area contributed by atoms with Gasteiger partial charge in [-0.25, -0.2) is 4.98 Å². The Morgan fingerprint density at radius 3 is 2.80 bits per heavy atom. The van der Waals surface area contributed by atoms with Gasteiger partial charge in [-0.1, -0.05) is 0 Å². The van der Waals surface area contributed by atoms with E-state index in [2.05, 4.69) is 4.98 Å². The van der Waals surface area contributed by atoms with Gasteiger partial charge < -0.3 is 5.11 Å². The highest BCUT2D eigenvalue weighted by Crippen LogP contribution is 2.40. The lowest BCUT2D eigenvalue weighted by Gasteiger charge is -2.18. The first-order chi connectivity index (χ1) is 7.18. The number of thiazole rings is 1. The van der Waals surface area contributed by atoms with E-state index in [4.69, 9.17) is 0 Å². The van der Waals surface area contributed by atoms with Crippen LogP contribution in [-0.4, -0.2) is 27.3 Å². The smallest absolute Gasteiger partial charge is 0.107 e. The molecule has 0 aromatic carbocycles. The van der Waals surface area contributed by atoms with Gasteiger partial charge in [-0.2, -0.15) is 11.8 Å². The molecule has 1 aliphatic heterocycles. The highest BCUT2D eigenvalue weighted by molar-refractivity contribution is 8.06. The molecule has 1 N–H and O–H groups in total. The van der Waals surface area contributed by atoms with Crippen LogP contribution in [0.1, 0.15) is 33.9 Å². The van der Waals surface area contributed by atoms with E-state index in [1.165, 1.54) is 16.5 Å². The Morgan fingerprint density at radius 1 is 1.47 bits per heavy atom. The van der Waals surface area contributed by atoms with Gasteiger partial charge in [0.2, 0.25) is 0 Å². The van der Waals surface area contributed by atoms with E-state index in [9.17, 15) is 5.11 Å². The van der Waals surface area contributed by atoms with Crippen molar-refractivity contribution in [2.24, 2.45) is 0 Å². The van der Waals surface area contributed by atoms with Crippen molar-refractivity contribution in [2.45, 2.75) is 25.2 Å². The first-order valence-electron chi connectivity index (χ1n) is 5.03. The zero-order chi connectivity index (χ0) is 10.8. The number of thioether (sulfide) groups is 2. The predicted octanol–water partition coefficient (Wildman–Crippen LogP) is 3.03. The Morgan fingerprint density at radius 2 is 2.27 bits per heavy atom. The summed E-state index contributed by atoms with van der Waals surface area (Å²) in [5.74, 6) is 3.64. The summed E-state index contributed by atoms with van der Waals surface area (Å²) in [6.45, 7) is 3.80. The molecular weight excluding hydrogens is 246 g/mol. The minimum atomic E-state index is -0.377. The van der Waals surface area contributed by atoms with Crippen molar-refractivity contribution >= 4 is 34.9 Å². The van der Waals surface area contributed by atoms with E-state index < -0.39 is 0 Å². The number of nitrogens with zero attached hydrogens (tertiary/aromatic N) is 1. The van der Waals surface area contributed by atoms with Crippen molar-refractivity contribution in [1.29, 1.82) is 0 Å². The zero-order valence-corrected chi connectivity index (χ0v) is 11.3. The summed E-state index contributed by atoms with van der Waals surface area (Å²) in [5.41, 5.74) is 1.00. The van der Waals surface area contributed by atoms with E-state index in [0.717, 1.165) is 16.3 Å². The molecule has 2 unspecified atom stereocenters. The molecule has 0 radical (unpaired) electrons. The average Bonchev–Trinajstić information content (AvgIpc) is 2.62. The third-order valence-corrected chi connectivity index (χ3v) is 6.67. The van der Waals surface area contributed by atoms with Crippen molar-refractivity contribution in [1.82, 2.24) is 4.98 Å². The Balaban J connectivity index is 2.17. The van der Waals surface area contributed by atoms with Crippen LogP contribution in [0.25, 0.3) is 0 Å². The Kier molecular flexibility index (Phi) is 3.98. The Labute approximate surface area is 103 Å². The summed E-state index contributed by atoms with van der Waals surface area (Å²) in [4.78, 5) is 5.61. The zero-order valence-electron chi connectivity index (χ0n) is 8.90. The molecule has 0 aliphatic carbocycles. The lowest BCUT2D eigenvalue weighted by Crippen LogP contribution is -2.05. The van der Waals surface area contributed by atoms with Gasteiger partial charge in [0, 0.05) is 17.3 Å². The highest BCUT2D eigenvalue weighted by atomic mass is 32.2. The van der Waals surface area contributed by atoms with Crippen LogP contribution in [0.5, 0.6) is 0 Å². The van der Waals surface area contributed by atoms with E-state index >= 15 is 0 Å². The maximum absolute atomic E-state index is 9.57. The van der Waals surface area contributed by atoms with Gasteiger partial charge in [0.25, 0.3) is 0 Å². The molecule has 2 atom stereocenters. The van der Waals surface area contributed by atoms with Gasteiger partial charge in [0.1, 0.15) is 5.01 Å². The van der Waals surface area contributed by atoms with Crippen molar-refractivity contribution < 1.29 is 5.11 Å². The fourth-order valence-corrected chi connectivity index (χ4v) is 5.57. The van der Waals surface area contributed by atoms with Crippen molar-refractivity contribution in [3.63, 3.8) is 0 Å². The summed E-state index contributed by atoms with van der Waals surface area (Å²) in [7, 11) is 0. The van der Waals surface area contributed by atoms with Crippen molar-refractivity contribution in [2.75, 3.05) is 17.3 Å². The molecule has 1 aromatic rings. The normalized spacial score (nSPS) is 24.1. The minimum Gasteiger partial charge on any atom is -0.388 e. The topological polar surface area (TPSA) is 33.1 Å². The minimum absolute atomic E-state index is 0.377. The number of hydrogen-bond acceptors (Lipinski definition) is 5. The van der Waals surface area contributed by atoms with E-state index in [1.807, 2.05) is 37.4 Å². The molecule has 0 amide bonds. The van der Waals surface area contributed by atoms with Crippen molar-refractivity contribution in [3.05, 3.63) is 15.6 Å². The van der Waals surface area contributed by atoms with Crippen LogP contribution in [0.2, 0.25) is 0 Å². The summed E-state index contributed by atoms with van der Waals surface area (Å²) >= 11 is 5.68. The predicted molar refractivity (Wildman–Crippen MR) is 70.0 cm³/mol. The van der Waals surface area contributed by atoms with Crippen LogP contribution in [0, 0.1) is 6.92 Å². The maximum atomic E-state index is 9.57. The van der Waals surface area contributed by atoms with Gasteiger partial charge >= 0.3 is 0 Å². The molecular formula is C10H15NOS3. The lowest BCUT2D eigenvalue weighted by atomic mass is 10.3. The number of hydrogen-bond donors (Lipinski definition) is 1. The summed E-state index contributed by atoms with van der Waals surface area (Å²) in [5, 5.41) is 11.3. The van der Waals surface area contributed by atoms with Crippen LogP contribution >= 0.6 is 34.9 Å². The van der Waals surface area contributed by atoms with E-state index in [1.54, 1.807) is 11.3 Å². The molecule has 2 heterocycles. The quantitative estimate of drug-likeness (QED) is 0.887. The largest absolute Gasteiger partial charge is 0.388 e. The number of aliphatic hydroxyl groups excluding tert-OH is 1. The van der Waals surface area contributed by atoms with Crippen LogP contribution in [0.4, 0.5) is 0 Å². The third-order valence-electron chi connectivity index (χ3n) is 2.32. The molecule has 0 spiro atoms. The maximum Gasteiger partial charge on any atom is 0.107 e. The fraction of sp³-hybridized carbons (Fsp3) is 0.700. The number of rotatable bonds is 2. The molecule has 1 aromatic heterocycles. The number of aliphatic hydroxyl groups is 1. The van der Waals surface area contributed by atoms with Gasteiger partial charge in [-0.05, 0) is 13.8 Å². The van der Waals surface area contributed by atoms with Crippen LogP contribution < -0.4 is 0 Å². The second kappa shape index (κ2) is 5.08. The SMILES string of the molecule is Cc1nc(C2CSCCS2)sc1C(C)O. The Bertz CT molecular complexity index is 331. The molecule has 1 fully saturated rings. The van der Waals surface area contributed by atoms with E-state index in [-0.39, 0.29) is 6.10 Å². The second-order valence-electron chi connectivity index (χ2n) is 3.61. The van der Waals surface area contributed by atoms with Crippen LogP contribution in [0.3, 0.4) is 0 Å². The van der Waals surface area contributed by atoms with Gasteiger partial charge in [-0.3, -0.25) is 0 Å². The Hall–Kier alpha value is 0.290. The first-order valence-corrected chi connectivity index (χ1v) is 8.05. The van der Waals surface area contributed by atoms with Gasteiger partial charge in [-0.15, -0.1) is 23.1 Å². The number of aromatic nitrogens is 1. The summed E-state index contributed by atoms with van der Waals surface area (Å²) < 4.78 is 0. The molecule has 1 saturated heterocycles. The monoisotopic (exact) mass is 261 g/mol. The molecule has 84 valence electrons. The lowest BCUT2D eigenvalue weighted by molar-refractivity contribution is 0.202. The molecule has 2 nitrogen and oxygen atoms in total. The summed E-state index contributed by atoms with van der Waals surface area (Å²) in [6, 6.07) is 0. The standard InChI is InChI=1S/C10H15NOS3/c1-6-9(7(2)12)15-10(11-6)8-5-13-3-4-14-8/h7-8,12H,3-5H2,1-2H3. The molecule has 5 heteroatoms. The number of aryl methyl sites for hydroxylation is 1. The van der Waals surface area contributed by atoms with E-state index in [0.29, 0.717) is 5.25 Å². The fourth-order valence-electron chi connectivity index (χ4n) is 1.59. The first kappa shape index (κ1) is 11.8. The molecule has 0 bridgehead atoms. The average molecular weight is 261 g/mol. The van der Waals surface area contributed by atoms with Gasteiger partial charge in [0.05, 0.1) is 21.9 Å². The molecule has 15 heavy (non-hydrogen) atoms.